The van der Waals surface area contributed by atoms with Crippen molar-refractivity contribution in [2.45, 2.75) is 6.42 Å². The standard InChI is InChI=1S/C11H9BrN4O2/c12-7-3-6-5-13-15-10(6)8(4-7)16-2-1-9(17)14-11(16)18/h3-5H,1-2H2,(H,13,15)(H,14,17,18). The van der Waals surface area contributed by atoms with Gasteiger partial charge in [-0.3, -0.25) is 20.1 Å². The molecular weight excluding hydrogens is 300 g/mol. The van der Waals surface area contributed by atoms with Gasteiger partial charge in [-0.25, -0.2) is 4.79 Å². The Balaban J connectivity index is 2.11. The van der Waals surface area contributed by atoms with Crippen LogP contribution in [0, 0.1) is 0 Å². The van der Waals surface area contributed by atoms with Gasteiger partial charge in [0.2, 0.25) is 5.91 Å². The molecule has 3 rings (SSSR count). The van der Waals surface area contributed by atoms with Gasteiger partial charge < -0.3 is 0 Å². The van der Waals surface area contributed by atoms with E-state index in [-0.39, 0.29) is 5.91 Å². The molecule has 0 radical (unpaired) electrons. The lowest BCUT2D eigenvalue weighted by Gasteiger charge is -2.27. The second kappa shape index (κ2) is 4.09. The lowest BCUT2D eigenvalue weighted by atomic mass is 10.2. The first-order chi connectivity index (χ1) is 8.65. The van der Waals surface area contributed by atoms with Gasteiger partial charge >= 0.3 is 6.03 Å². The number of rotatable bonds is 1. The predicted octanol–water partition coefficient (Wildman–Crippen LogP) is 1.77. The van der Waals surface area contributed by atoms with Crippen molar-refractivity contribution in [3.63, 3.8) is 0 Å². The van der Waals surface area contributed by atoms with Crippen LogP contribution in [-0.4, -0.2) is 28.7 Å². The Bertz CT molecular complexity index is 652. The first-order valence-electron chi connectivity index (χ1n) is 5.39. The van der Waals surface area contributed by atoms with Crippen LogP contribution in [0.2, 0.25) is 0 Å². The zero-order valence-corrected chi connectivity index (χ0v) is 10.8. The third-order valence-corrected chi connectivity index (χ3v) is 3.30. The van der Waals surface area contributed by atoms with Gasteiger partial charge in [-0.05, 0) is 12.1 Å². The number of imide groups is 1. The van der Waals surface area contributed by atoms with E-state index in [2.05, 4.69) is 31.4 Å². The molecule has 6 nitrogen and oxygen atoms in total. The minimum Gasteiger partial charge on any atom is -0.291 e. The van der Waals surface area contributed by atoms with Crippen molar-refractivity contribution in [1.82, 2.24) is 15.5 Å². The van der Waals surface area contributed by atoms with Crippen molar-refractivity contribution >= 4 is 44.5 Å². The number of benzene rings is 1. The summed E-state index contributed by atoms with van der Waals surface area (Å²) in [5.74, 6) is -0.243. The number of aromatic amines is 1. The molecule has 2 N–H and O–H groups in total. The summed E-state index contributed by atoms with van der Waals surface area (Å²) >= 11 is 3.40. The first kappa shape index (κ1) is 11.2. The Kier molecular flexibility index (Phi) is 2.55. The monoisotopic (exact) mass is 308 g/mol. The first-order valence-corrected chi connectivity index (χ1v) is 6.18. The fraction of sp³-hybridized carbons (Fsp3) is 0.182. The van der Waals surface area contributed by atoms with Crippen LogP contribution in [-0.2, 0) is 4.79 Å². The topological polar surface area (TPSA) is 78.1 Å². The summed E-state index contributed by atoms with van der Waals surface area (Å²) in [6, 6.07) is 3.34. The summed E-state index contributed by atoms with van der Waals surface area (Å²) in [7, 11) is 0. The number of carbonyl (C=O) groups is 2. The molecule has 1 aliphatic heterocycles. The fourth-order valence-electron chi connectivity index (χ4n) is 2.01. The molecule has 18 heavy (non-hydrogen) atoms. The highest BCUT2D eigenvalue weighted by Crippen LogP contribution is 2.30. The number of H-pyrrole nitrogens is 1. The van der Waals surface area contributed by atoms with E-state index in [0.29, 0.717) is 18.7 Å². The van der Waals surface area contributed by atoms with Crippen molar-refractivity contribution in [3.05, 3.63) is 22.8 Å². The lowest BCUT2D eigenvalue weighted by molar-refractivity contribution is -0.120. The van der Waals surface area contributed by atoms with E-state index in [0.717, 1.165) is 15.4 Å². The minimum atomic E-state index is -0.403. The van der Waals surface area contributed by atoms with Gasteiger partial charge in [0.25, 0.3) is 0 Å². The molecule has 1 fully saturated rings. The van der Waals surface area contributed by atoms with Crippen LogP contribution in [0.3, 0.4) is 0 Å². The van der Waals surface area contributed by atoms with Gasteiger partial charge in [-0.15, -0.1) is 0 Å². The summed E-state index contributed by atoms with van der Waals surface area (Å²) in [5.41, 5.74) is 1.49. The predicted molar refractivity (Wildman–Crippen MR) is 69.3 cm³/mol. The zero-order chi connectivity index (χ0) is 12.7. The van der Waals surface area contributed by atoms with Crippen LogP contribution < -0.4 is 10.2 Å². The molecular formula is C11H9BrN4O2. The van der Waals surface area contributed by atoms with Crippen LogP contribution in [0.5, 0.6) is 0 Å². The van der Waals surface area contributed by atoms with E-state index < -0.39 is 6.03 Å². The number of aromatic nitrogens is 2. The van der Waals surface area contributed by atoms with Crippen LogP contribution in [0.15, 0.2) is 22.8 Å². The number of urea groups is 1. The number of halogens is 1. The third kappa shape index (κ3) is 1.76. The molecule has 7 heteroatoms. The highest BCUT2D eigenvalue weighted by molar-refractivity contribution is 9.10. The lowest BCUT2D eigenvalue weighted by Crippen LogP contribution is -2.49. The van der Waals surface area contributed by atoms with E-state index >= 15 is 0 Å². The Morgan fingerprint density at radius 2 is 2.17 bits per heavy atom. The zero-order valence-electron chi connectivity index (χ0n) is 9.24. The highest BCUT2D eigenvalue weighted by atomic mass is 79.9. The summed E-state index contributed by atoms with van der Waals surface area (Å²) < 4.78 is 0.858. The molecule has 0 atom stereocenters. The van der Waals surface area contributed by atoms with Crippen LogP contribution in [0.4, 0.5) is 10.5 Å². The maximum atomic E-state index is 11.8. The Hall–Kier alpha value is -1.89. The number of hydrogen-bond donors (Lipinski definition) is 2. The van der Waals surface area contributed by atoms with Crippen LogP contribution in [0.1, 0.15) is 6.42 Å². The number of fused-ring (bicyclic) bond motifs is 1. The molecule has 2 heterocycles. The molecule has 3 amide bonds. The number of anilines is 1. The Labute approximate surface area is 110 Å². The number of nitrogens with one attached hydrogen (secondary N) is 2. The summed E-state index contributed by atoms with van der Waals surface area (Å²) in [6.45, 7) is 0.370. The summed E-state index contributed by atoms with van der Waals surface area (Å²) in [4.78, 5) is 24.5. The second-order valence-corrected chi connectivity index (χ2v) is 4.93. The molecule has 0 aliphatic carbocycles. The number of amides is 3. The molecule has 0 spiro atoms. The van der Waals surface area contributed by atoms with Crippen molar-refractivity contribution in [1.29, 1.82) is 0 Å². The highest BCUT2D eigenvalue weighted by Gasteiger charge is 2.26. The fourth-order valence-corrected chi connectivity index (χ4v) is 2.47. The molecule has 1 aromatic carbocycles. The summed E-state index contributed by atoms with van der Waals surface area (Å²) in [5, 5.41) is 10.0. The molecule has 0 bridgehead atoms. The van der Waals surface area contributed by atoms with Crippen LogP contribution >= 0.6 is 15.9 Å². The van der Waals surface area contributed by atoms with Gasteiger partial charge in [0, 0.05) is 22.8 Å². The van der Waals surface area contributed by atoms with E-state index in [9.17, 15) is 9.59 Å². The molecule has 2 aromatic rings. The summed E-state index contributed by atoms with van der Waals surface area (Å²) in [6.07, 6.45) is 1.99. The van der Waals surface area contributed by atoms with Gasteiger partial charge in [0.1, 0.15) is 0 Å². The minimum absolute atomic E-state index is 0.243. The van der Waals surface area contributed by atoms with Crippen molar-refractivity contribution in [3.8, 4) is 0 Å². The Morgan fingerprint density at radius 3 is 2.94 bits per heavy atom. The van der Waals surface area contributed by atoms with Crippen molar-refractivity contribution in [2.24, 2.45) is 0 Å². The van der Waals surface area contributed by atoms with Gasteiger partial charge in [-0.1, -0.05) is 15.9 Å². The van der Waals surface area contributed by atoms with E-state index in [1.54, 1.807) is 6.20 Å². The maximum Gasteiger partial charge on any atom is 0.328 e. The molecule has 1 aromatic heterocycles. The van der Waals surface area contributed by atoms with E-state index in [1.165, 1.54) is 4.90 Å². The largest absolute Gasteiger partial charge is 0.328 e. The number of carbonyl (C=O) groups excluding carboxylic acids is 2. The van der Waals surface area contributed by atoms with E-state index in [1.807, 2.05) is 12.1 Å². The Morgan fingerprint density at radius 1 is 1.33 bits per heavy atom. The molecule has 0 unspecified atom stereocenters. The van der Waals surface area contributed by atoms with Crippen molar-refractivity contribution < 1.29 is 9.59 Å². The molecule has 0 saturated carbocycles. The van der Waals surface area contributed by atoms with E-state index in [4.69, 9.17) is 0 Å². The quantitative estimate of drug-likeness (QED) is 0.843. The second-order valence-electron chi connectivity index (χ2n) is 4.01. The number of nitrogens with zero attached hydrogens (tertiary/aromatic N) is 2. The molecule has 92 valence electrons. The average molecular weight is 309 g/mol. The average Bonchev–Trinajstić information content (AvgIpc) is 2.76. The van der Waals surface area contributed by atoms with Gasteiger partial charge in [0.05, 0.1) is 17.4 Å². The SMILES string of the molecule is O=C1CCN(c2cc(Br)cc3cn[nH]c23)C(=O)N1. The molecule has 1 aliphatic rings. The smallest absolute Gasteiger partial charge is 0.291 e. The number of hydrogen-bond acceptors (Lipinski definition) is 3. The third-order valence-electron chi connectivity index (χ3n) is 2.84. The van der Waals surface area contributed by atoms with Crippen molar-refractivity contribution in [2.75, 3.05) is 11.4 Å². The van der Waals surface area contributed by atoms with Crippen LogP contribution in [0.25, 0.3) is 10.9 Å². The van der Waals surface area contributed by atoms with Gasteiger partial charge in [-0.2, -0.15) is 5.10 Å². The molecule has 1 saturated heterocycles. The maximum absolute atomic E-state index is 11.8. The normalized spacial score (nSPS) is 16.2. The van der Waals surface area contributed by atoms with Gasteiger partial charge in [0.15, 0.2) is 0 Å².